The Morgan fingerprint density at radius 3 is 2.50 bits per heavy atom. The lowest BCUT2D eigenvalue weighted by Gasteiger charge is -2.09. The van der Waals surface area contributed by atoms with Gasteiger partial charge in [0, 0.05) is 17.4 Å². The monoisotopic (exact) mass is 359 g/mol. The number of hydrogen-bond donors (Lipinski definition) is 3. The number of fused-ring (bicyclic) bond motifs is 1. The van der Waals surface area contributed by atoms with Gasteiger partial charge in [-0.25, -0.2) is 4.98 Å². The Labute approximate surface area is 145 Å². The van der Waals surface area contributed by atoms with Crippen LogP contribution in [-0.2, 0) is 0 Å². The number of halogens is 3. The van der Waals surface area contributed by atoms with Crippen LogP contribution in [0.1, 0.15) is 0 Å². The van der Waals surface area contributed by atoms with E-state index in [2.05, 4.69) is 30.2 Å². The van der Waals surface area contributed by atoms with E-state index in [0.717, 1.165) is 22.2 Å². The van der Waals surface area contributed by atoms with E-state index >= 15 is 0 Å². The quantitative estimate of drug-likeness (QED) is 0.498. The van der Waals surface area contributed by atoms with Gasteiger partial charge < -0.3 is 15.0 Å². The fourth-order valence-electron chi connectivity index (χ4n) is 2.53. The smallest absolute Gasteiger partial charge is 0.406 e. The molecule has 0 saturated heterocycles. The van der Waals surface area contributed by atoms with E-state index < -0.39 is 6.36 Å². The van der Waals surface area contributed by atoms with Crippen molar-refractivity contribution < 1.29 is 17.9 Å². The number of imidazole rings is 1. The van der Waals surface area contributed by atoms with Crippen LogP contribution in [0.5, 0.6) is 5.75 Å². The number of nitrogens with zero attached hydrogens (tertiary/aromatic N) is 2. The van der Waals surface area contributed by atoms with Crippen LogP contribution in [-0.4, -0.2) is 26.5 Å². The standard InChI is InChI=1S/C17H12F3N5O/c18-17(19,20)26-13-4-2-12(3-5-13)23-16-24-14-6-1-10(7-15(14)25-16)11-8-21-22-9-11/h1-9H,(H,21,22)(H2,23,24,25). The minimum Gasteiger partial charge on any atom is -0.406 e. The third kappa shape index (κ3) is 3.46. The lowest BCUT2D eigenvalue weighted by atomic mass is 10.1. The van der Waals surface area contributed by atoms with Crippen LogP contribution >= 0.6 is 0 Å². The third-order valence-corrected chi connectivity index (χ3v) is 3.66. The predicted molar refractivity (Wildman–Crippen MR) is 90.1 cm³/mol. The van der Waals surface area contributed by atoms with E-state index in [4.69, 9.17) is 0 Å². The van der Waals surface area contributed by atoms with Crippen molar-refractivity contribution in [3.8, 4) is 16.9 Å². The Balaban J connectivity index is 1.54. The molecule has 0 saturated carbocycles. The van der Waals surface area contributed by atoms with Crippen LogP contribution < -0.4 is 10.1 Å². The maximum atomic E-state index is 12.2. The highest BCUT2D eigenvalue weighted by molar-refractivity contribution is 5.83. The highest BCUT2D eigenvalue weighted by atomic mass is 19.4. The van der Waals surface area contributed by atoms with Crippen molar-refractivity contribution in [2.24, 2.45) is 0 Å². The number of hydrogen-bond acceptors (Lipinski definition) is 4. The fourth-order valence-corrected chi connectivity index (χ4v) is 2.53. The van der Waals surface area contributed by atoms with Crippen LogP contribution in [0.2, 0.25) is 0 Å². The average molecular weight is 359 g/mol. The topological polar surface area (TPSA) is 78.6 Å². The number of H-pyrrole nitrogens is 2. The van der Waals surface area contributed by atoms with Gasteiger partial charge in [0.1, 0.15) is 5.75 Å². The molecule has 0 fully saturated rings. The highest BCUT2D eigenvalue weighted by Gasteiger charge is 2.30. The summed E-state index contributed by atoms with van der Waals surface area (Å²) >= 11 is 0. The van der Waals surface area contributed by atoms with Crippen molar-refractivity contribution in [1.82, 2.24) is 20.2 Å². The number of ether oxygens (including phenoxy) is 1. The summed E-state index contributed by atoms with van der Waals surface area (Å²) in [5.74, 6) is 0.200. The van der Waals surface area contributed by atoms with Gasteiger partial charge in [0.25, 0.3) is 0 Å². The Bertz CT molecular complexity index is 1020. The molecule has 0 aliphatic carbocycles. The normalized spacial score (nSPS) is 11.7. The van der Waals surface area contributed by atoms with Crippen molar-refractivity contribution in [1.29, 1.82) is 0 Å². The van der Waals surface area contributed by atoms with Crippen LogP contribution in [0.15, 0.2) is 54.9 Å². The summed E-state index contributed by atoms with van der Waals surface area (Å²) in [6, 6.07) is 11.2. The Kier molecular flexibility index (Phi) is 3.76. The lowest BCUT2D eigenvalue weighted by Crippen LogP contribution is -2.16. The third-order valence-electron chi connectivity index (χ3n) is 3.66. The number of aromatic amines is 2. The second-order valence-corrected chi connectivity index (χ2v) is 5.50. The number of benzene rings is 2. The van der Waals surface area contributed by atoms with Gasteiger partial charge in [-0.05, 0) is 42.0 Å². The number of rotatable bonds is 4. The maximum Gasteiger partial charge on any atom is 0.573 e. The molecule has 2 heterocycles. The molecule has 9 heteroatoms. The number of aromatic nitrogens is 4. The van der Waals surface area contributed by atoms with E-state index in [1.807, 2.05) is 18.2 Å². The maximum absolute atomic E-state index is 12.2. The molecule has 6 nitrogen and oxygen atoms in total. The Hall–Kier alpha value is -3.49. The molecule has 0 aliphatic rings. The molecule has 0 aliphatic heterocycles. The first-order valence-corrected chi connectivity index (χ1v) is 7.58. The molecule has 3 N–H and O–H groups in total. The highest BCUT2D eigenvalue weighted by Crippen LogP contribution is 2.27. The first-order valence-electron chi connectivity index (χ1n) is 7.58. The summed E-state index contributed by atoms with van der Waals surface area (Å²) in [5.41, 5.74) is 4.10. The first kappa shape index (κ1) is 16.0. The summed E-state index contributed by atoms with van der Waals surface area (Å²) in [5, 5.41) is 9.70. The molecule has 132 valence electrons. The van der Waals surface area contributed by atoms with Gasteiger partial charge in [0.15, 0.2) is 0 Å². The van der Waals surface area contributed by atoms with Crippen molar-refractivity contribution in [2.75, 3.05) is 5.32 Å². The first-order chi connectivity index (χ1) is 12.5. The van der Waals surface area contributed by atoms with Crippen molar-refractivity contribution in [2.45, 2.75) is 6.36 Å². The Morgan fingerprint density at radius 2 is 1.81 bits per heavy atom. The van der Waals surface area contributed by atoms with Gasteiger partial charge in [-0.1, -0.05) is 6.07 Å². The molecule has 0 unspecified atom stereocenters. The molecule has 0 amide bonds. The fraction of sp³-hybridized carbons (Fsp3) is 0.0588. The van der Waals surface area contributed by atoms with Gasteiger partial charge in [-0.2, -0.15) is 5.10 Å². The molecule has 0 spiro atoms. The molecule has 2 aromatic carbocycles. The lowest BCUT2D eigenvalue weighted by molar-refractivity contribution is -0.274. The molecular formula is C17H12F3N5O. The van der Waals surface area contributed by atoms with Crippen molar-refractivity contribution in [3.63, 3.8) is 0 Å². The summed E-state index contributed by atoms with van der Waals surface area (Å²) in [7, 11) is 0. The minimum absolute atomic E-state index is 0.280. The molecule has 2 aromatic heterocycles. The molecule has 0 atom stereocenters. The van der Waals surface area contributed by atoms with Crippen molar-refractivity contribution in [3.05, 3.63) is 54.9 Å². The zero-order chi connectivity index (χ0) is 18.1. The summed E-state index contributed by atoms with van der Waals surface area (Å²) < 4.78 is 40.4. The Morgan fingerprint density at radius 1 is 1.00 bits per heavy atom. The second-order valence-electron chi connectivity index (χ2n) is 5.50. The van der Waals surface area contributed by atoms with E-state index in [1.165, 1.54) is 24.3 Å². The number of alkyl halides is 3. The van der Waals surface area contributed by atoms with Gasteiger partial charge in [0.2, 0.25) is 5.95 Å². The summed E-state index contributed by atoms with van der Waals surface area (Å²) in [6.07, 6.45) is -1.19. The SMILES string of the molecule is FC(F)(F)Oc1ccc(Nc2nc3ccc(-c4cn[nH]c4)cc3[nH]2)cc1. The largest absolute Gasteiger partial charge is 0.573 e. The number of anilines is 2. The molecule has 4 rings (SSSR count). The van der Waals surface area contributed by atoms with Gasteiger partial charge in [-0.3, -0.25) is 5.10 Å². The van der Waals surface area contributed by atoms with Crippen LogP contribution in [0.4, 0.5) is 24.8 Å². The predicted octanol–water partition coefficient (Wildman–Crippen LogP) is 4.60. The van der Waals surface area contributed by atoms with Gasteiger partial charge in [-0.15, -0.1) is 13.2 Å². The molecule has 26 heavy (non-hydrogen) atoms. The summed E-state index contributed by atoms with van der Waals surface area (Å²) in [4.78, 5) is 7.55. The minimum atomic E-state index is -4.71. The molecule has 0 radical (unpaired) electrons. The average Bonchev–Trinajstić information content (AvgIpc) is 3.23. The zero-order valence-electron chi connectivity index (χ0n) is 13.1. The second kappa shape index (κ2) is 6.10. The van der Waals surface area contributed by atoms with E-state index in [9.17, 15) is 13.2 Å². The van der Waals surface area contributed by atoms with E-state index in [1.54, 1.807) is 12.4 Å². The number of nitrogens with one attached hydrogen (secondary N) is 3. The molecule has 0 bridgehead atoms. The van der Waals surface area contributed by atoms with E-state index in [-0.39, 0.29) is 5.75 Å². The van der Waals surface area contributed by atoms with E-state index in [0.29, 0.717) is 11.6 Å². The molecule has 4 aromatic rings. The van der Waals surface area contributed by atoms with Crippen LogP contribution in [0.25, 0.3) is 22.2 Å². The van der Waals surface area contributed by atoms with Crippen molar-refractivity contribution >= 4 is 22.7 Å². The van der Waals surface area contributed by atoms with Gasteiger partial charge in [0.05, 0.1) is 17.2 Å². The van der Waals surface area contributed by atoms with Crippen LogP contribution in [0.3, 0.4) is 0 Å². The van der Waals surface area contributed by atoms with Gasteiger partial charge >= 0.3 is 6.36 Å². The summed E-state index contributed by atoms with van der Waals surface area (Å²) in [6.45, 7) is 0. The van der Waals surface area contributed by atoms with Crippen LogP contribution in [0, 0.1) is 0 Å². The molecular weight excluding hydrogens is 347 g/mol. The zero-order valence-corrected chi connectivity index (χ0v) is 13.1.